The molecule has 0 unspecified atom stereocenters. The lowest BCUT2D eigenvalue weighted by atomic mass is 9.73. The van der Waals surface area contributed by atoms with Crippen LogP contribution < -0.4 is 4.90 Å². The van der Waals surface area contributed by atoms with E-state index >= 15 is 0 Å². The number of anilines is 3. The molecule has 0 spiro atoms. The zero-order valence-electron chi connectivity index (χ0n) is 24.5. The van der Waals surface area contributed by atoms with Gasteiger partial charge in [0.15, 0.2) is 0 Å². The van der Waals surface area contributed by atoms with Gasteiger partial charge in [-0.05, 0) is 91.5 Å². The molecule has 8 rings (SSSR count). The summed E-state index contributed by atoms with van der Waals surface area (Å²) < 4.78 is 0. The molecule has 1 aliphatic rings. The van der Waals surface area contributed by atoms with Crippen molar-refractivity contribution in [2.24, 2.45) is 0 Å². The van der Waals surface area contributed by atoms with Crippen LogP contribution in [-0.4, -0.2) is 0 Å². The fraction of sp³-hybridized carbons (Fsp3) is 0.0732. The maximum absolute atomic E-state index is 9.71. The van der Waals surface area contributed by atoms with Gasteiger partial charge in [-0.15, -0.1) is 0 Å². The van der Waals surface area contributed by atoms with E-state index in [0.29, 0.717) is 16.7 Å². The minimum Gasteiger partial charge on any atom is -0.310 e. The van der Waals surface area contributed by atoms with Gasteiger partial charge >= 0.3 is 0 Å². The molecule has 0 aliphatic carbocycles. The van der Waals surface area contributed by atoms with Crippen LogP contribution in [0.2, 0.25) is 0 Å². The molecule has 3 nitrogen and oxygen atoms in total. The molecule has 0 bridgehead atoms. The number of benzene rings is 7. The van der Waals surface area contributed by atoms with Crippen LogP contribution in [0.25, 0.3) is 43.4 Å². The molecule has 0 N–H and O–H groups in total. The van der Waals surface area contributed by atoms with Crippen LogP contribution in [0, 0.1) is 22.7 Å². The van der Waals surface area contributed by atoms with E-state index < -0.39 is 0 Å². The maximum atomic E-state index is 9.71. The molecule has 0 fully saturated rings. The van der Waals surface area contributed by atoms with Gasteiger partial charge in [-0.1, -0.05) is 98.8 Å². The number of fused-ring (bicyclic) bond motifs is 7. The van der Waals surface area contributed by atoms with Crippen molar-refractivity contribution in [3.05, 3.63) is 150 Å². The van der Waals surface area contributed by atoms with E-state index in [2.05, 4.69) is 134 Å². The third kappa shape index (κ3) is 3.67. The Bertz CT molecular complexity index is 2320. The normalized spacial score (nSPS) is 13.3. The summed E-state index contributed by atoms with van der Waals surface area (Å²) in [6, 6.07) is 49.1. The third-order valence-corrected chi connectivity index (χ3v) is 9.31. The lowest BCUT2D eigenvalue weighted by Gasteiger charge is -2.42. The van der Waals surface area contributed by atoms with Crippen LogP contribution in [0.15, 0.2) is 127 Å². The average molecular weight is 562 g/mol. The molecular formula is C41H27N3. The second kappa shape index (κ2) is 9.56. The highest BCUT2D eigenvalue weighted by molar-refractivity contribution is 6.18. The van der Waals surface area contributed by atoms with Gasteiger partial charge in [0.1, 0.15) is 0 Å². The van der Waals surface area contributed by atoms with Gasteiger partial charge in [0.05, 0.1) is 34.6 Å². The minimum absolute atomic E-state index is 0.0927. The molecule has 1 heterocycles. The summed E-state index contributed by atoms with van der Waals surface area (Å²) in [6.07, 6.45) is 0. The second-order valence-corrected chi connectivity index (χ2v) is 12.0. The highest BCUT2D eigenvalue weighted by atomic mass is 15.2. The van der Waals surface area contributed by atoms with Crippen molar-refractivity contribution >= 4 is 49.4 Å². The van der Waals surface area contributed by atoms with Crippen molar-refractivity contribution in [1.29, 1.82) is 10.5 Å². The second-order valence-electron chi connectivity index (χ2n) is 12.0. The van der Waals surface area contributed by atoms with Crippen LogP contribution in [0.5, 0.6) is 0 Å². The van der Waals surface area contributed by atoms with Gasteiger partial charge in [-0.25, -0.2) is 0 Å². The molecule has 44 heavy (non-hydrogen) atoms. The van der Waals surface area contributed by atoms with E-state index in [4.69, 9.17) is 0 Å². The Morgan fingerprint density at radius 2 is 1.05 bits per heavy atom. The number of hydrogen-bond acceptors (Lipinski definition) is 3. The van der Waals surface area contributed by atoms with Gasteiger partial charge in [-0.3, -0.25) is 0 Å². The quantitative estimate of drug-likeness (QED) is 0.197. The smallest absolute Gasteiger partial charge is 0.0998 e. The van der Waals surface area contributed by atoms with Crippen LogP contribution >= 0.6 is 0 Å². The number of nitrogens with zero attached hydrogens (tertiary/aromatic N) is 3. The molecule has 7 aromatic rings. The Morgan fingerprint density at radius 1 is 0.523 bits per heavy atom. The molecule has 7 aromatic carbocycles. The molecule has 1 aliphatic heterocycles. The van der Waals surface area contributed by atoms with Crippen LogP contribution in [-0.2, 0) is 5.41 Å². The van der Waals surface area contributed by atoms with Crippen molar-refractivity contribution in [3.8, 4) is 23.3 Å². The summed E-state index contributed by atoms with van der Waals surface area (Å²) in [5.41, 5.74) is 8.71. The molecule has 0 radical (unpaired) electrons. The summed E-state index contributed by atoms with van der Waals surface area (Å²) in [7, 11) is 0. The van der Waals surface area contributed by atoms with E-state index in [1.807, 2.05) is 6.07 Å². The van der Waals surface area contributed by atoms with Gasteiger partial charge in [-0.2, -0.15) is 10.5 Å². The molecular weight excluding hydrogens is 534 g/mol. The highest BCUT2D eigenvalue weighted by Crippen LogP contribution is 2.52. The Labute approximate surface area is 256 Å². The molecule has 0 atom stereocenters. The SMILES string of the molecule is CC1(C)c2ccccc2N(c2ccc3c(ccc4c5ccc(-c6c(C#N)cccc6C#N)cc5ccc34)c2)c2ccccc21. The summed E-state index contributed by atoms with van der Waals surface area (Å²) in [4.78, 5) is 2.40. The number of para-hydroxylation sites is 2. The molecule has 0 amide bonds. The van der Waals surface area contributed by atoms with Gasteiger partial charge in [0.25, 0.3) is 0 Å². The van der Waals surface area contributed by atoms with Gasteiger partial charge in [0.2, 0.25) is 0 Å². The summed E-state index contributed by atoms with van der Waals surface area (Å²) in [5, 5.41) is 26.4. The Hall–Kier alpha value is -5.90. The van der Waals surface area contributed by atoms with Crippen molar-refractivity contribution in [2.45, 2.75) is 19.3 Å². The average Bonchev–Trinajstić information content (AvgIpc) is 3.07. The Kier molecular flexibility index (Phi) is 5.60. The van der Waals surface area contributed by atoms with E-state index in [1.54, 1.807) is 18.2 Å². The van der Waals surface area contributed by atoms with Crippen molar-refractivity contribution in [1.82, 2.24) is 0 Å². The lowest BCUT2D eigenvalue weighted by molar-refractivity contribution is 0.632. The topological polar surface area (TPSA) is 50.8 Å². The largest absolute Gasteiger partial charge is 0.310 e. The predicted molar refractivity (Wildman–Crippen MR) is 181 cm³/mol. The molecule has 0 saturated carbocycles. The summed E-state index contributed by atoms with van der Waals surface area (Å²) in [6.45, 7) is 4.62. The fourth-order valence-corrected chi connectivity index (χ4v) is 7.17. The summed E-state index contributed by atoms with van der Waals surface area (Å²) >= 11 is 0. The third-order valence-electron chi connectivity index (χ3n) is 9.31. The first-order valence-corrected chi connectivity index (χ1v) is 14.8. The zero-order valence-corrected chi connectivity index (χ0v) is 24.5. The Balaban J connectivity index is 1.28. The first kappa shape index (κ1) is 25.8. The molecule has 0 saturated heterocycles. The minimum atomic E-state index is -0.0927. The maximum Gasteiger partial charge on any atom is 0.0998 e. The van der Waals surface area contributed by atoms with Crippen LogP contribution in [0.4, 0.5) is 17.1 Å². The summed E-state index contributed by atoms with van der Waals surface area (Å²) in [5.74, 6) is 0. The standard InChI is InChI=1S/C41H27N3/c1-41(2)36-10-3-5-12-38(36)44(39-13-6-4-11-37(39)41)31-17-21-33-27(23-31)15-20-34-32-18-16-28(22-26(32)14-19-35(33)34)40-29(24-42)8-7-9-30(40)25-43/h3-23H,1-2H3. The van der Waals surface area contributed by atoms with E-state index in [0.717, 1.165) is 22.0 Å². The van der Waals surface area contributed by atoms with Crippen LogP contribution in [0.1, 0.15) is 36.1 Å². The van der Waals surface area contributed by atoms with Crippen molar-refractivity contribution in [3.63, 3.8) is 0 Å². The van der Waals surface area contributed by atoms with Crippen molar-refractivity contribution < 1.29 is 0 Å². The van der Waals surface area contributed by atoms with Crippen molar-refractivity contribution in [2.75, 3.05) is 4.90 Å². The highest BCUT2D eigenvalue weighted by Gasteiger charge is 2.36. The van der Waals surface area contributed by atoms with E-state index in [1.165, 1.54) is 44.0 Å². The Morgan fingerprint density at radius 3 is 1.64 bits per heavy atom. The molecule has 206 valence electrons. The first-order valence-electron chi connectivity index (χ1n) is 14.8. The molecule has 0 aromatic heterocycles. The lowest BCUT2D eigenvalue weighted by Crippen LogP contribution is -2.30. The molecule has 3 heteroatoms. The fourth-order valence-electron chi connectivity index (χ4n) is 7.17. The van der Waals surface area contributed by atoms with Gasteiger partial charge in [0, 0.05) is 16.7 Å². The number of rotatable bonds is 2. The zero-order chi connectivity index (χ0) is 30.0. The monoisotopic (exact) mass is 561 g/mol. The number of nitriles is 2. The van der Waals surface area contributed by atoms with E-state index in [9.17, 15) is 10.5 Å². The number of hydrogen-bond donors (Lipinski definition) is 0. The van der Waals surface area contributed by atoms with E-state index in [-0.39, 0.29) is 5.41 Å². The first-order chi connectivity index (χ1) is 21.5. The van der Waals surface area contributed by atoms with Crippen LogP contribution in [0.3, 0.4) is 0 Å². The van der Waals surface area contributed by atoms with Gasteiger partial charge < -0.3 is 4.90 Å². The predicted octanol–water partition coefficient (Wildman–Crippen LogP) is 10.7.